The highest BCUT2D eigenvalue weighted by atomic mass is 35.5. The van der Waals surface area contributed by atoms with E-state index in [-0.39, 0.29) is 17.4 Å². The molecule has 1 aliphatic rings. The van der Waals surface area contributed by atoms with Crippen LogP contribution >= 0.6 is 11.6 Å². The third-order valence-corrected chi connectivity index (χ3v) is 5.38. The molecule has 0 heterocycles. The van der Waals surface area contributed by atoms with E-state index in [9.17, 15) is 22.0 Å². The van der Waals surface area contributed by atoms with Gasteiger partial charge in [-0.25, -0.2) is 17.2 Å². The van der Waals surface area contributed by atoms with Gasteiger partial charge in [0, 0.05) is 17.5 Å². The average molecular weight is 352 g/mol. The summed E-state index contributed by atoms with van der Waals surface area (Å²) in [5.74, 6) is -0.944. The van der Waals surface area contributed by atoms with Gasteiger partial charge in [-0.3, -0.25) is 4.79 Å². The Morgan fingerprint density at radius 2 is 1.86 bits per heavy atom. The van der Waals surface area contributed by atoms with Crippen LogP contribution in [-0.4, -0.2) is 44.0 Å². The smallest absolute Gasteiger partial charge is 0.255 e. The molecule has 1 saturated carbocycles. The fourth-order valence-electron chi connectivity index (χ4n) is 2.11. The van der Waals surface area contributed by atoms with Crippen LogP contribution < -0.4 is 0 Å². The molecule has 0 bridgehead atoms. The molecule has 0 aromatic heterocycles. The normalized spacial score (nSPS) is 15.1. The molecule has 0 spiro atoms. The first kappa shape index (κ1) is 17.1. The molecule has 0 atom stereocenters. The van der Waals surface area contributed by atoms with E-state index in [1.807, 2.05) is 0 Å². The summed E-state index contributed by atoms with van der Waals surface area (Å²) < 4.78 is 49.2. The molecule has 8 heteroatoms. The van der Waals surface area contributed by atoms with Gasteiger partial charge in [0.25, 0.3) is 6.43 Å². The predicted molar refractivity (Wildman–Crippen MR) is 78.9 cm³/mol. The fraction of sp³-hybridized carbons (Fsp3) is 0.500. The van der Waals surface area contributed by atoms with E-state index >= 15 is 0 Å². The molecule has 2 rings (SSSR count). The van der Waals surface area contributed by atoms with Crippen molar-refractivity contribution in [3.05, 3.63) is 29.3 Å². The van der Waals surface area contributed by atoms with E-state index in [2.05, 4.69) is 0 Å². The lowest BCUT2D eigenvalue weighted by Gasteiger charge is -2.21. The van der Waals surface area contributed by atoms with Crippen LogP contribution in [0.1, 0.15) is 19.3 Å². The second-order valence-electron chi connectivity index (χ2n) is 5.19. The SMILES string of the molecule is O=C(CCS(=O)(=O)c1ccc(Cl)cc1)N(CC(F)F)C1CC1. The molecule has 0 unspecified atom stereocenters. The fourth-order valence-corrected chi connectivity index (χ4v) is 3.47. The second kappa shape index (κ2) is 6.91. The Kier molecular flexibility index (Phi) is 5.39. The molecule has 0 saturated heterocycles. The van der Waals surface area contributed by atoms with Gasteiger partial charge in [-0.15, -0.1) is 0 Å². The minimum atomic E-state index is -3.63. The molecule has 0 aliphatic heterocycles. The topological polar surface area (TPSA) is 54.5 Å². The Morgan fingerprint density at radius 1 is 1.27 bits per heavy atom. The van der Waals surface area contributed by atoms with Gasteiger partial charge in [0.1, 0.15) is 0 Å². The summed E-state index contributed by atoms with van der Waals surface area (Å²) in [4.78, 5) is 13.2. The van der Waals surface area contributed by atoms with Crippen molar-refractivity contribution in [1.82, 2.24) is 4.90 Å². The standard InChI is InChI=1S/C14H16ClF2NO3S/c15-10-1-5-12(6-2-10)22(20,21)8-7-14(19)18(9-13(16)17)11-3-4-11/h1-2,5-6,11,13H,3-4,7-9H2. The van der Waals surface area contributed by atoms with Crippen molar-refractivity contribution in [2.75, 3.05) is 12.3 Å². The lowest BCUT2D eigenvalue weighted by Crippen LogP contribution is -2.37. The van der Waals surface area contributed by atoms with Crippen LogP contribution in [0.5, 0.6) is 0 Å². The van der Waals surface area contributed by atoms with Gasteiger partial charge < -0.3 is 4.90 Å². The Hall–Kier alpha value is -1.21. The lowest BCUT2D eigenvalue weighted by molar-refractivity contribution is -0.133. The monoisotopic (exact) mass is 351 g/mol. The number of rotatable bonds is 7. The summed E-state index contributed by atoms with van der Waals surface area (Å²) >= 11 is 5.69. The van der Waals surface area contributed by atoms with Gasteiger partial charge in [0.05, 0.1) is 17.2 Å². The zero-order chi connectivity index (χ0) is 16.3. The van der Waals surface area contributed by atoms with E-state index in [4.69, 9.17) is 11.6 Å². The number of nitrogens with zero attached hydrogens (tertiary/aromatic N) is 1. The van der Waals surface area contributed by atoms with Crippen LogP contribution in [0.2, 0.25) is 5.02 Å². The number of halogens is 3. The molecule has 122 valence electrons. The Labute approximate surface area is 133 Å². The van der Waals surface area contributed by atoms with E-state index in [0.717, 1.165) is 4.90 Å². The summed E-state index contributed by atoms with van der Waals surface area (Å²) in [5.41, 5.74) is 0. The maximum Gasteiger partial charge on any atom is 0.255 e. The molecule has 0 N–H and O–H groups in total. The maximum absolute atomic E-state index is 12.5. The summed E-state index contributed by atoms with van der Waals surface area (Å²) in [6, 6.07) is 5.45. The largest absolute Gasteiger partial charge is 0.334 e. The molecule has 1 amide bonds. The third-order valence-electron chi connectivity index (χ3n) is 3.40. The number of carbonyl (C=O) groups excluding carboxylic acids is 1. The Bertz CT molecular complexity index is 630. The Morgan fingerprint density at radius 3 is 2.36 bits per heavy atom. The first-order valence-electron chi connectivity index (χ1n) is 6.85. The number of sulfone groups is 1. The zero-order valence-corrected chi connectivity index (χ0v) is 13.3. The average Bonchev–Trinajstić information content (AvgIpc) is 3.27. The van der Waals surface area contributed by atoms with Gasteiger partial charge in [-0.2, -0.15) is 0 Å². The highest BCUT2D eigenvalue weighted by Gasteiger charge is 2.34. The molecule has 1 fully saturated rings. The molecule has 1 aromatic rings. The number of hydrogen-bond donors (Lipinski definition) is 0. The van der Waals surface area contributed by atoms with Crippen LogP contribution in [0, 0.1) is 0 Å². The van der Waals surface area contributed by atoms with E-state index < -0.39 is 34.5 Å². The van der Waals surface area contributed by atoms with Crippen LogP contribution in [-0.2, 0) is 14.6 Å². The minimum Gasteiger partial charge on any atom is -0.334 e. The highest BCUT2D eigenvalue weighted by molar-refractivity contribution is 7.91. The van der Waals surface area contributed by atoms with E-state index in [0.29, 0.717) is 17.9 Å². The molecule has 22 heavy (non-hydrogen) atoms. The van der Waals surface area contributed by atoms with Crippen molar-refractivity contribution in [3.63, 3.8) is 0 Å². The van der Waals surface area contributed by atoms with E-state index in [1.165, 1.54) is 24.3 Å². The summed E-state index contributed by atoms with van der Waals surface area (Å²) in [7, 11) is -3.63. The molecule has 4 nitrogen and oxygen atoms in total. The molecular weight excluding hydrogens is 336 g/mol. The van der Waals surface area contributed by atoms with Crippen LogP contribution in [0.25, 0.3) is 0 Å². The molecule has 0 radical (unpaired) electrons. The lowest BCUT2D eigenvalue weighted by atomic mass is 10.3. The van der Waals surface area contributed by atoms with Crippen LogP contribution in [0.3, 0.4) is 0 Å². The summed E-state index contributed by atoms with van der Waals surface area (Å²) in [6.07, 6.45) is -1.52. The van der Waals surface area contributed by atoms with Gasteiger partial charge >= 0.3 is 0 Å². The number of hydrogen-bond acceptors (Lipinski definition) is 3. The second-order valence-corrected chi connectivity index (χ2v) is 7.74. The Balaban J connectivity index is 1.98. The molecular formula is C14H16ClF2NO3S. The van der Waals surface area contributed by atoms with Gasteiger partial charge in [0.15, 0.2) is 9.84 Å². The highest BCUT2D eigenvalue weighted by Crippen LogP contribution is 2.28. The van der Waals surface area contributed by atoms with Gasteiger partial charge in [-0.1, -0.05) is 11.6 Å². The molecule has 1 aliphatic carbocycles. The number of carbonyl (C=O) groups is 1. The molecule has 1 aromatic carbocycles. The first-order chi connectivity index (χ1) is 10.3. The van der Waals surface area contributed by atoms with Crippen molar-refractivity contribution in [1.29, 1.82) is 0 Å². The van der Waals surface area contributed by atoms with Gasteiger partial charge in [-0.05, 0) is 37.1 Å². The van der Waals surface area contributed by atoms with E-state index in [1.54, 1.807) is 0 Å². The maximum atomic E-state index is 12.5. The predicted octanol–water partition coefficient (Wildman–Crippen LogP) is 2.76. The van der Waals surface area contributed by atoms with Crippen molar-refractivity contribution < 1.29 is 22.0 Å². The van der Waals surface area contributed by atoms with Crippen molar-refractivity contribution >= 4 is 27.3 Å². The number of amides is 1. The van der Waals surface area contributed by atoms with Crippen molar-refractivity contribution in [3.8, 4) is 0 Å². The van der Waals surface area contributed by atoms with Crippen molar-refractivity contribution in [2.45, 2.75) is 36.6 Å². The first-order valence-corrected chi connectivity index (χ1v) is 8.88. The van der Waals surface area contributed by atoms with Crippen LogP contribution in [0.15, 0.2) is 29.2 Å². The van der Waals surface area contributed by atoms with Crippen LogP contribution in [0.4, 0.5) is 8.78 Å². The van der Waals surface area contributed by atoms with Crippen molar-refractivity contribution in [2.24, 2.45) is 0 Å². The minimum absolute atomic E-state index is 0.0662. The van der Waals surface area contributed by atoms with Gasteiger partial charge in [0.2, 0.25) is 5.91 Å². The number of benzene rings is 1. The third kappa shape index (κ3) is 4.64. The summed E-state index contributed by atoms with van der Waals surface area (Å²) in [6.45, 7) is -0.634. The quantitative estimate of drug-likeness (QED) is 0.759. The number of alkyl halides is 2. The summed E-state index contributed by atoms with van der Waals surface area (Å²) in [5, 5.41) is 0.409. The zero-order valence-electron chi connectivity index (χ0n) is 11.7.